The number of rotatable bonds is 6. The number of nitrogens with one attached hydrogen (secondary N) is 1. The van der Waals surface area contributed by atoms with Crippen molar-refractivity contribution in [3.8, 4) is 10.4 Å². The van der Waals surface area contributed by atoms with Crippen molar-refractivity contribution in [3.63, 3.8) is 0 Å². The van der Waals surface area contributed by atoms with Crippen LogP contribution in [0.1, 0.15) is 11.4 Å². The minimum absolute atomic E-state index is 0.0951. The van der Waals surface area contributed by atoms with Gasteiger partial charge in [0, 0.05) is 35.2 Å². The molecule has 0 saturated carbocycles. The van der Waals surface area contributed by atoms with Crippen molar-refractivity contribution < 1.29 is 4.74 Å². The molecule has 0 atom stereocenters. The van der Waals surface area contributed by atoms with Crippen LogP contribution in [0.5, 0.6) is 0 Å². The number of nitrogens with zero attached hydrogens (tertiary/aromatic N) is 3. The first-order chi connectivity index (χ1) is 16.1. The molecule has 33 heavy (non-hydrogen) atoms. The summed E-state index contributed by atoms with van der Waals surface area (Å²) in [5.41, 5.74) is 4.16. The number of anilines is 1. The quantitative estimate of drug-likeness (QED) is 0.430. The molecule has 5 rings (SSSR count). The average Bonchev–Trinajstić information content (AvgIpc) is 3.25. The molecule has 2 aromatic heterocycles. The van der Waals surface area contributed by atoms with Crippen LogP contribution in [0.4, 0.5) is 5.69 Å². The Labute approximate surface area is 201 Å². The number of fused-ring (bicyclic) bond motifs is 1. The van der Waals surface area contributed by atoms with E-state index in [0.29, 0.717) is 22.1 Å². The van der Waals surface area contributed by atoms with Gasteiger partial charge in [0.15, 0.2) is 0 Å². The maximum atomic E-state index is 12.8. The number of H-pyrrole nitrogens is 1. The molecule has 1 saturated heterocycles. The Morgan fingerprint density at radius 3 is 2.67 bits per heavy atom. The Balaban J connectivity index is 1.35. The molecule has 4 aromatic rings. The summed E-state index contributed by atoms with van der Waals surface area (Å²) in [7, 11) is 2.05. The zero-order valence-corrected chi connectivity index (χ0v) is 20.0. The molecule has 0 radical (unpaired) electrons. The van der Waals surface area contributed by atoms with Crippen LogP contribution in [-0.2, 0) is 17.8 Å². The number of hydrogen-bond acceptors (Lipinski definition) is 6. The van der Waals surface area contributed by atoms with Crippen LogP contribution in [0.25, 0.3) is 20.7 Å². The molecule has 3 heterocycles. The van der Waals surface area contributed by atoms with Crippen molar-refractivity contribution in [1.82, 2.24) is 14.9 Å². The van der Waals surface area contributed by atoms with Gasteiger partial charge in [-0.15, -0.1) is 11.3 Å². The Hall–Kier alpha value is -2.71. The van der Waals surface area contributed by atoms with E-state index in [0.717, 1.165) is 48.8 Å². The molecule has 1 fully saturated rings. The van der Waals surface area contributed by atoms with Crippen LogP contribution in [0, 0.1) is 0 Å². The first-order valence-corrected chi connectivity index (χ1v) is 12.1. The fourth-order valence-electron chi connectivity index (χ4n) is 4.18. The Kier molecular flexibility index (Phi) is 6.46. The van der Waals surface area contributed by atoms with Crippen LogP contribution in [0.15, 0.2) is 59.4 Å². The van der Waals surface area contributed by atoms with Crippen LogP contribution < -0.4 is 10.5 Å². The SMILES string of the molecule is CN(Cc1nc2cc(-c3ccc(Cl)cc3)sc2c(=O)[nH]1)Cc1ccccc1N1CCOCC1. The van der Waals surface area contributed by atoms with Crippen molar-refractivity contribution in [2.24, 2.45) is 0 Å². The highest BCUT2D eigenvalue weighted by Gasteiger charge is 2.16. The highest BCUT2D eigenvalue weighted by Crippen LogP contribution is 2.31. The average molecular weight is 481 g/mol. The molecule has 8 heteroatoms. The molecule has 1 aliphatic rings. The fourth-order valence-corrected chi connectivity index (χ4v) is 5.30. The van der Waals surface area contributed by atoms with Crippen molar-refractivity contribution >= 4 is 38.8 Å². The van der Waals surface area contributed by atoms with Crippen molar-refractivity contribution in [1.29, 1.82) is 0 Å². The second-order valence-corrected chi connectivity index (χ2v) is 9.73. The largest absolute Gasteiger partial charge is 0.378 e. The predicted octanol–water partition coefficient (Wildman–Crippen LogP) is 4.77. The van der Waals surface area contributed by atoms with Crippen molar-refractivity contribution in [2.45, 2.75) is 13.1 Å². The summed E-state index contributed by atoms with van der Waals surface area (Å²) < 4.78 is 6.15. The first-order valence-electron chi connectivity index (χ1n) is 10.9. The first kappa shape index (κ1) is 22.1. The Bertz CT molecular complexity index is 1310. The van der Waals surface area contributed by atoms with Crippen LogP contribution in [-0.4, -0.2) is 48.2 Å². The van der Waals surface area contributed by atoms with E-state index in [9.17, 15) is 4.79 Å². The Morgan fingerprint density at radius 1 is 1.12 bits per heavy atom. The number of aromatic nitrogens is 2. The molecule has 2 aromatic carbocycles. The normalized spacial score (nSPS) is 14.3. The lowest BCUT2D eigenvalue weighted by atomic mass is 10.1. The predicted molar refractivity (Wildman–Crippen MR) is 135 cm³/mol. The van der Waals surface area contributed by atoms with E-state index in [4.69, 9.17) is 21.3 Å². The van der Waals surface area contributed by atoms with Gasteiger partial charge in [-0.25, -0.2) is 4.98 Å². The van der Waals surface area contributed by atoms with Gasteiger partial charge in [0.25, 0.3) is 5.56 Å². The second-order valence-electron chi connectivity index (χ2n) is 8.24. The fraction of sp³-hybridized carbons (Fsp3) is 0.280. The standard InChI is InChI=1S/C25H25ClN4O2S/c1-29(15-18-4-2-3-5-21(18)30-10-12-32-13-11-30)16-23-27-20-14-22(33-24(20)25(31)28-23)17-6-8-19(26)9-7-17/h2-9,14H,10-13,15-16H2,1H3,(H,27,28,31). The number of benzene rings is 2. The van der Waals surface area contributed by atoms with Gasteiger partial charge < -0.3 is 14.6 Å². The lowest BCUT2D eigenvalue weighted by Crippen LogP contribution is -2.37. The summed E-state index contributed by atoms with van der Waals surface area (Å²) in [6.07, 6.45) is 0. The summed E-state index contributed by atoms with van der Waals surface area (Å²) in [5, 5.41) is 0.691. The Morgan fingerprint density at radius 2 is 1.88 bits per heavy atom. The van der Waals surface area contributed by atoms with Crippen LogP contribution in [0.2, 0.25) is 5.02 Å². The molecule has 170 valence electrons. The highest BCUT2D eigenvalue weighted by molar-refractivity contribution is 7.22. The minimum atomic E-state index is -0.0951. The minimum Gasteiger partial charge on any atom is -0.378 e. The third kappa shape index (κ3) is 4.96. The lowest BCUT2D eigenvalue weighted by molar-refractivity contribution is 0.122. The molecule has 0 aliphatic carbocycles. The van der Waals surface area contributed by atoms with Crippen molar-refractivity contribution in [3.05, 3.63) is 81.4 Å². The maximum absolute atomic E-state index is 12.8. The molecule has 6 nitrogen and oxygen atoms in total. The zero-order valence-electron chi connectivity index (χ0n) is 18.4. The van der Waals surface area contributed by atoms with Gasteiger partial charge in [0.05, 0.1) is 25.3 Å². The number of hydrogen-bond donors (Lipinski definition) is 1. The molecule has 1 N–H and O–H groups in total. The van der Waals surface area contributed by atoms with E-state index < -0.39 is 0 Å². The van der Waals surface area contributed by atoms with Gasteiger partial charge in [-0.3, -0.25) is 9.69 Å². The summed E-state index contributed by atoms with van der Waals surface area (Å²) in [4.78, 5) is 26.0. The molecule has 0 bridgehead atoms. The van der Waals surface area contributed by atoms with Gasteiger partial charge in [0.1, 0.15) is 10.5 Å². The van der Waals surface area contributed by atoms with Crippen LogP contribution >= 0.6 is 22.9 Å². The summed E-state index contributed by atoms with van der Waals surface area (Å²) in [5.74, 6) is 0.666. The lowest BCUT2D eigenvalue weighted by Gasteiger charge is -2.31. The number of thiophene rings is 1. The van der Waals surface area contributed by atoms with Crippen LogP contribution in [0.3, 0.4) is 0 Å². The maximum Gasteiger partial charge on any atom is 0.268 e. The summed E-state index contributed by atoms with van der Waals surface area (Å²) >= 11 is 7.46. The third-order valence-corrected chi connectivity index (χ3v) is 7.19. The van der Waals surface area contributed by atoms with Gasteiger partial charge >= 0.3 is 0 Å². The van der Waals surface area contributed by atoms with Gasteiger partial charge in [-0.05, 0) is 42.4 Å². The van der Waals surface area contributed by atoms with E-state index >= 15 is 0 Å². The molecule has 0 amide bonds. The molecular formula is C25H25ClN4O2S. The van der Waals surface area contributed by atoms with Gasteiger partial charge in [0.2, 0.25) is 0 Å². The number of ether oxygens (including phenoxy) is 1. The number of aromatic amines is 1. The van der Waals surface area contributed by atoms with E-state index in [1.165, 1.54) is 22.6 Å². The molecular weight excluding hydrogens is 456 g/mol. The third-order valence-electron chi connectivity index (χ3n) is 5.76. The second kappa shape index (κ2) is 9.65. The smallest absolute Gasteiger partial charge is 0.268 e. The monoisotopic (exact) mass is 480 g/mol. The summed E-state index contributed by atoms with van der Waals surface area (Å²) in [6.45, 7) is 4.63. The molecule has 1 aliphatic heterocycles. The van der Waals surface area contributed by atoms with Crippen molar-refractivity contribution in [2.75, 3.05) is 38.3 Å². The van der Waals surface area contributed by atoms with E-state index in [2.05, 4.69) is 39.0 Å². The molecule has 0 spiro atoms. The van der Waals surface area contributed by atoms with E-state index in [1.807, 2.05) is 37.4 Å². The number of para-hydroxylation sites is 1. The highest BCUT2D eigenvalue weighted by atomic mass is 35.5. The number of morpholine rings is 1. The summed E-state index contributed by atoms with van der Waals surface area (Å²) in [6, 6.07) is 18.1. The number of halogens is 1. The van der Waals surface area contributed by atoms with Gasteiger partial charge in [-0.1, -0.05) is 41.9 Å². The van der Waals surface area contributed by atoms with E-state index in [-0.39, 0.29) is 5.56 Å². The zero-order chi connectivity index (χ0) is 22.8. The van der Waals surface area contributed by atoms with Gasteiger partial charge in [-0.2, -0.15) is 0 Å². The topological polar surface area (TPSA) is 61.5 Å². The molecule has 0 unspecified atom stereocenters. The van der Waals surface area contributed by atoms with E-state index in [1.54, 1.807) is 0 Å².